The first-order chi connectivity index (χ1) is 11.2. The average Bonchev–Trinajstić information content (AvgIpc) is 2.47. The molecular weight excluding hydrogens is 322 g/mol. The normalized spacial score (nSPS) is 15.9. The maximum absolute atomic E-state index is 12.6. The maximum atomic E-state index is 12.6. The number of benzene rings is 2. The Hall–Kier alpha value is -2.27. The Bertz CT molecular complexity index is 910. The molecule has 1 heterocycles. The molecule has 0 saturated heterocycles. The van der Waals surface area contributed by atoms with Gasteiger partial charge in [0.2, 0.25) is 0 Å². The van der Waals surface area contributed by atoms with Gasteiger partial charge in [0.1, 0.15) is 4.90 Å². The van der Waals surface area contributed by atoms with Gasteiger partial charge >= 0.3 is 10.1 Å². The number of para-hydroxylation sites is 1. The monoisotopic (exact) mass is 343 g/mol. The molecule has 0 saturated carbocycles. The highest BCUT2D eigenvalue weighted by Crippen LogP contribution is 2.40. The lowest BCUT2D eigenvalue weighted by Gasteiger charge is -2.32. The van der Waals surface area contributed by atoms with Gasteiger partial charge in [0.05, 0.1) is 11.2 Å². The maximum Gasteiger partial charge on any atom is 0.339 e. The lowest BCUT2D eigenvalue weighted by atomic mass is 9.91. The fourth-order valence-corrected chi connectivity index (χ4v) is 3.85. The van der Waals surface area contributed by atoms with Crippen molar-refractivity contribution in [3.05, 3.63) is 59.7 Å². The topological polar surface area (TPSA) is 55.4 Å². The van der Waals surface area contributed by atoms with Crippen LogP contribution in [0.2, 0.25) is 0 Å². The van der Waals surface area contributed by atoms with E-state index in [1.165, 1.54) is 0 Å². The van der Waals surface area contributed by atoms with E-state index < -0.39 is 10.1 Å². The van der Waals surface area contributed by atoms with Crippen molar-refractivity contribution in [2.24, 2.45) is 0 Å². The highest BCUT2D eigenvalue weighted by atomic mass is 32.2. The standard InChI is InChI=1S/C19H21NO3S/c1-13-8-10-15(11-9-13)24(21,22)23-17-7-5-6-16-14(2)12-19(3,4)20-18(16)17/h5-12,20H,1-4H3. The van der Waals surface area contributed by atoms with E-state index in [1.807, 2.05) is 33.8 Å². The molecule has 0 aliphatic carbocycles. The zero-order valence-electron chi connectivity index (χ0n) is 14.3. The van der Waals surface area contributed by atoms with Crippen LogP contribution in [0.15, 0.2) is 53.4 Å². The molecule has 0 fully saturated rings. The van der Waals surface area contributed by atoms with Crippen molar-refractivity contribution in [3.8, 4) is 5.75 Å². The van der Waals surface area contributed by atoms with E-state index in [0.29, 0.717) is 11.4 Å². The Kier molecular flexibility index (Phi) is 3.92. The number of nitrogens with one attached hydrogen (secondary N) is 1. The van der Waals surface area contributed by atoms with Gasteiger partial charge < -0.3 is 9.50 Å². The summed E-state index contributed by atoms with van der Waals surface area (Å²) in [5.74, 6) is 0.314. The zero-order chi connectivity index (χ0) is 17.5. The minimum atomic E-state index is -3.88. The Labute approximate surface area is 143 Å². The highest BCUT2D eigenvalue weighted by Gasteiger charge is 2.27. The molecule has 0 bridgehead atoms. The van der Waals surface area contributed by atoms with Crippen LogP contribution in [-0.4, -0.2) is 14.0 Å². The fourth-order valence-electron chi connectivity index (χ4n) is 2.91. The van der Waals surface area contributed by atoms with E-state index in [0.717, 1.165) is 16.7 Å². The number of hydrogen-bond donors (Lipinski definition) is 1. The van der Waals surface area contributed by atoms with Crippen LogP contribution in [0.5, 0.6) is 5.75 Å². The van der Waals surface area contributed by atoms with Crippen molar-refractivity contribution in [1.29, 1.82) is 0 Å². The Morgan fingerprint density at radius 1 is 1.00 bits per heavy atom. The molecule has 2 aromatic carbocycles. The predicted octanol–water partition coefficient (Wildman–Crippen LogP) is 4.37. The molecule has 0 radical (unpaired) electrons. The van der Waals surface area contributed by atoms with Crippen molar-refractivity contribution in [2.75, 3.05) is 5.32 Å². The van der Waals surface area contributed by atoms with Crippen molar-refractivity contribution in [1.82, 2.24) is 0 Å². The summed E-state index contributed by atoms with van der Waals surface area (Å²) in [5.41, 5.74) is 3.47. The Balaban J connectivity index is 2.02. The van der Waals surface area contributed by atoms with Crippen LogP contribution >= 0.6 is 0 Å². The van der Waals surface area contributed by atoms with Crippen LogP contribution in [0.1, 0.15) is 31.9 Å². The molecule has 5 heteroatoms. The molecule has 1 aliphatic heterocycles. The summed E-state index contributed by atoms with van der Waals surface area (Å²) in [6.07, 6.45) is 2.12. The number of aryl methyl sites for hydroxylation is 1. The molecule has 1 N–H and O–H groups in total. The molecule has 126 valence electrons. The second-order valence-corrected chi connectivity index (χ2v) is 8.25. The molecule has 24 heavy (non-hydrogen) atoms. The summed E-state index contributed by atoms with van der Waals surface area (Å²) < 4.78 is 30.6. The van der Waals surface area contributed by atoms with E-state index >= 15 is 0 Å². The van der Waals surface area contributed by atoms with E-state index in [2.05, 4.69) is 11.4 Å². The molecule has 0 atom stereocenters. The first-order valence-corrected chi connectivity index (χ1v) is 9.21. The summed E-state index contributed by atoms with van der Waals surface area (Å²) in [4.78, 5) is 0.146. The minimum Gasteiger partial charge on any atom is -0.377 e. The van der Waals surface area contributed by atoms with Gasteiger partial charge in [-0.1, -0.05) is 35.9 Å². The van der Waals surface area contributed by atoms with Gasteiger partial charge in [0.25, 0.3) is 0 Å². The third kappa shape index (κ3) is 3.17. The molecule has 0 unspecified atom stereocenters. The molecule has 0 amide bonds. The van der Waals surface area contributed by atoms with Gasteiger partial charge in [-0.2, -0.15) is 8.42 Å². The predicted molar refractivity (Wildman–Crippen MR) is 96.8 cm³/mol. The van der Waals surface area contributed by atoms with Crippen LogP contribution in [0, 0.1) is 6.92 Å². The van der Waals surface area contributed by atoms with Crippen LogP contribution in [0.25, 0.3) is 5.57 Å². The van der Waals surface area contributed by atoms with Gasteiger partial charge in [0.15, 0.2) is 5.75 Å². The van der Waals surface area contributed by atoms with Gasteiger partial charge in [-0.3, -0.25) is 0 Å². The number of rotatable bonds is 3. The quantitative estimate of drug-likeness (QED) is 0.841. The van der Waals surface area contributed by atoms with Crippen LogP contribution < -0.4 is 9.50 Å². The first-order valence-electron chi connectivity index (χ1n) is 7.80. The van der Waals surface area contributed by atoms with Gasteiger partial charge in [-0.25, -0.2) is 0 Å². The van der Waals surface area contributed by atoms with Crippen molar-refractivity contribution < 1.29 is 12.6 Å². The molecule has 0 aromatic heterocycles. The lowest BCUT2D eigenvalue weighted by molar-refractivity contribution is 0.485. The van der Waals surface area contributed by atoms with E-state index in [9.17, 15) is 8.42 Å². The van der Waals surface area contributed by atoms with Crippen LogP contribution in [-0.2, 0) is 10.1 Å². The number of allylic oxidation sites excluding steroid dienone is 1. The SMILES string of the molecule is CC1=CC(C)(C)Nc2c(OS(=O)(=O)c3ccc(C)cc3)cccc21. The van der Waals surface area contributed by atoms with Crippen molar-refractivity contribution >= 4 is 21.4 Å². The summed E-state index contributed by atoms with van der Waals surface area (Å²) >= 11 is 0. The Morgan fingerprint density at radius 2 is 1.67 bits per heavy atom. The number of fused-ring (bicyclic) bond motifs is 1. The summed E-state index contributed by atoms with van der Waals surface area (Å²) in [6, 6.07) is 12.1. The average molecular weight is 343 g/mol. The molecule has 3 rings (SSSR count). The van der Waals surface area contributed by atoms with Crippen molar-refractivity contribution in [3.63, 3.8) is 0 Å². The third-order valence-electron chi connectivity index (χ3n) is 3.98. The molecule has 2 aromatic rings. The molecule has 4 nitrogen and oxygen atoms in total. The number of hydrogen-bond acceptors (Lipinski definition) is 4. The second kappa shape index (κ2) is 5.67. The summed E-state index contributed by atoms with van der Waals surface area (Å²) in [7, 11) is -3.88. The van der Waals surface area contributed by atoms with E-state index in [4.69, 9.17) is 4.18 Å². The van der Waals surface area contributed by atoms with Crippen LogP contribution in [0.3, 0.4) is 0 Å². The largest absolute Gasteiger partial charge is 0.377 e. The first kappa shape index (κ1) is 16.6. The summed E-state index contributed by atoms with van der Waals surface area (Å²) in [5, 5.41) is 3.35. The van der Waals surface area contributed by atoms with E-state index in [1.54, 1.807) is 36.4 Å². The fraction of sp³-hybridized carbons (Fsp3) is 0.263. The third-order valence-corrected chi connectivity index (χ3v) is 5.23. The Morgan fingerprint density at radius 3 is 2.33 bits per heavy atom. The van der Waals surface area contributed by atoms with E-state index in [-0.39, 0.29) is 10.4 Å². The smallest absolute Gasteiger partial charge is 0.339 e. The van der Waals surface area contributed by atoms with Gasteiger partial charge in [0, 0.05) is 5.56 Å². The van der Waals surface area contributed by atoms with Crippen molar-refractivity contribution in [2.45, 2.75) is 38.1 Å². The highest BCUT2D eigenvalue weighted by molar-refractivity contribution is 7.87. The van der Waals surface area contributed by atoms with Crippen LogP contribution in [0.4, 0.5) is 5.69 Å². The molecule has 0 spiro atoms. The minimum absolute atomic E-state index is 0.146. The lowest BCUT2D eigenvalue weighted by Crippen LogP contribution is -2.32. The number of anilines is 1. The zero-order valence-corrected chi connectivity index (χ0v) is 15.1. The summed E-state index contributed by atoms with van der Waals surface area (Å²) in [6.45, 7) is 7.99. The van der Waals surface area contributed by atoms with Gasteiger partial charge in [-0.05, 0) is 51.5 Å². The second-order valence-electron chi connectivity index (χ2n) is 6.70. The molecular formula is C19H21NO3S. The van der Waals surface area contributed by atoms with Gasteiger partial charge in [-0.15, -0.1) is 0 Å². The molecule has 1 aliphatic rings.